The maximum atomic E-state index is 11.3. The Morgan fingerprint density at radius 1 is 1.50 bits per heavy atom. The summed E-state index contributed by atoms with van der Waals surface area (Å²) >= 11 is 11.4. The van der Waals surface area contributed by atoms with Crippen molar-refractivity contribution in [2.24, 2.45) is 0 Å². The number of anilines is 1. The fraction of sp³-hybridized carbons (Fsp3) is 0.300. The summed E-state index contributed by atoms with van der Waals surface area (Å²) in [6, 6.07) is 5.27. The van der Waals surface area contributed by atoms with Crippen LogP contribution < -0.4 is 5.32 Å². The van der Waals surface area contributed by atoms with E-state index in [4.69, 9.17) is 23.2 Å². The van der Waals surface area contributed by atoms with E-state index in [0.29, 0.717) is 5.02 Å². The molecule has 1 amide bonds. The number of nitrogens with one attached hydrogen (secondary N) is 1. The fourth-order valence-corrected chi connectivity index (χ4v) is 1.28. The molecule has 0 fully saturated rings. The number of halogens is 2. The molecule has 0 aliphatic heterocycles. The van der Waals surface area contributed by atoms with E-state index in [1.165, 1.54) is 0 Å². The molecule has 0 radical (unpaired) electrons. The number of carbonyl (C=O) groups excluding carboxylic acids is 1. The average Bonchev–Trinajstić information content (AvgIpc) is 2.09. The number of rotatable bonds is 2. The van der Waals surface area contributed by atoms with Crippen LogP contribution in [0.15, 0.2) is 18.2 Å². The first-order chi connectivity index (χ1) is 6.50. The lowest BCUT2D eigenvalue weighted by Crippen LogP contribution is -2.20. The third-order valence-corrected chi connectivity index (χ3v) is 2.24. The topological polar surface area (TPSA) is 29.1 Å². The lowest BCUT2D eigenvalue weighted by atomic mass is 10.2. The Morgan fingerprint density at radius 2 is 2.14 bits per heavy atom. The van der Waals surface area contributed by atoms with Gasteiger partial charge in [-0.1, -0.05) is 11.6 Å². The van der Waals surface area contributed by atoms with Gasteiger partial charge in [0, 0.05) is 10.7 Å². The number of hydrogen-bond acceptors (Lipinski definition) is 1. The molecule has 0 spiro atoms. The normalized spacial score (nSPS) is 12.3. The zero-order chi connectivity index (χ0) is 10.7. The van der Waals surface area contributed by atoms with Crippen molar-refractivity contribution in [3.63, 3.8) is 0 Å². The molecule has 1 atom stereocenters. The van der Waals surface area contributed by atoms with Crippen molar-refractivity contribution in [2.45, 2.75) is 19.2 Å². The van der Waals surface area contributed by atoms with Crippen LogP contribution in [0.25, 0.3) is 0 Å². The second-order valence-corrected chi connectivity index (χ2v) is 4.16. The molecule has 0 unspecified atom stereocenters. The van der Waals surface area contributed by atoms with E-state index in [1.807, 2.05) is 6.92 Å². The van der Waals surface area contributed by atoms with Gasteiger partial charge in [-0.25, -0.2) is 0 Å². The molecule has 1 aromatic carbocycles. The molecular weight excluding hydrogens is 221 g/mol. The zero-order valence-electron chi connectivity index (χ0n) is 7.97. The van der Waals surface area contributed by atoms with Gasteiger partial charge in [-0.2, -0.15) is 0 Å². The van der Waals surface area contributed by atoms with Crippen LogP contribution in [0.4, 0.5) is 5.69 Å². The van der Waals surface area contributed by atoms with Crippen molar-refractivity contribution in [1.82, 2.24) is 0 Å². The first-order valence-corrected chi connectivity index (χ1v) is 5.03. The van der Waals surface area contributed by atoms with E-state index in [0.717, 1.165) is 11.3 Å². The van der Waals surface area contributed by atoms with Gasteiger partial charge in [0.15, 0.2) is 0 Å². The van der Waals surface area contributed by atoms with Gasteiger partial charge in [0.05, 0.1) is 0 Å². The van der Waals surface area contributed by atoms with E-state index < -0.39 is 5.38 Å². The van der Waals surface area contributed by atoms with Crippen molar-refractivity contribution in [3.8, 4) is 0 Å². The molecule has 0 aromatic heterocycles. The predicted octanol–water partition coefficient (Wildman–Crippen LogP) is 3.21. The van der Waals surface area contributed by atoms with Gasteiger partial charge in [0.2, 0.25) is 5.91 Å². The molecule has 14 heavy (non-hydrogen) atoms. The van der Waals surface area contributed by atoms with E-state index in [-0.39, 0.29) is 5.91 Å². The summed E-state index contributed by atoms with van der Waals surface area (Å²) in [4.78, 5) is 11.3. The van der Waals surface area contributed by atoms with E-state index in [9.17, 15) is 4.79 Å². The molecule has 0 heterocycles. The van der Waals surface area contributed by atoms with Crippen molar-refractivity contribution in [1.29, 1.82) is 0 Å². The average molecular weight is 232 g/mol. The van der Waals surface area contributed by atoms with Gasteiger partial charge >= 0.3 is 0 Å². The highest BCUT2D eigenvalue weighted by atomic mass is 35.5. The summed E-state index contributed by atoms with van der Waals surface area (Å²) in [5, 5.41) is 2.82. The minimum atomic E-state index is -0.537. The highest BCUT2D eigenvalue weighted by Gasteiger charge is 2.10. The Labute approximate surface area is 93.2 Å². The molecule has 0 saturated heterocycles. The van der Waals surface area contributed by atoms with Crippen LogP contribution in [0, 0.1) is 6.92 Å². The lowest BCUT2D eigenvalue weighted by Gasteiger charge is -2.09. The maximum Gasteiger partial charge on any atom is 0.242 e. The highest BCUT2D eigenvalue weighted by Crippen LogP contribution is 2.19. The second-order valence-electron chi connectivity index (χ2n) is 3.06. The van der Waals surface area contributed by atoms with Crippen LogP contribution >= 0.6 is 23.2 Å². The molecule has 0 bridgehead atoms. The highest BCUT2D eigenvalue weighted by molar-refractivity contribution is 6.32. The lowest BCUT2D eigenvalue weighted by molar-refractivity contribution is -0.115. The van der Waals surface area contributed by atoms with Crippen molar-refractivity contribution < 1.29 is 4.79 Å². The Bertz CT molecular complexity index is 350. The maximum absolute atomic E-state index is 11.3. The number of carbonyl (C=O) groups is 1. The first kappa shape index (κ1) is 11.3. The number of amides is 1. The minimum absolute atomic E-state index is 0.211. The Hall–Kier alpha value is -0.730. The summed E-state index contributed by atoms with van der Waals surface area (Å²) in [5.74, 6) is -0.211. The number of alkyl halides is 1. The summed E-state index contributed by atoms with van der Waals surface area (Å²) < 4.78 is 0. The van der Waals surface area contributed by atoms with Crippen LogP contribution in [0.3, 0.4) is 0 Å². The summed E-state index contributed by atoms with van der Waals surface area (Å²) in [7, 11) is 0. The number of benzene rings is 1. The van der Waals surface area contributed by atoms with Crippen molar-refractivity contribution >= 4 is 34.8 Å². The van der Waals surface area contributed by atoms with E-state index in [2.05, 4.69) is 5.32 Å². The van der Waals surface area contributed by atoms with Gasteiger partial charge in [-0.15, -0.1) is 11.6 Å². The second kappa shape index (κ2) is 4.67. The van der Waals surface area contributed by atoms with E-state index in [1.54, 1.807) is 25.1 Å². The van der Waals surface area contributed by atoms with Gasteiger partial charge < -0.3 is 5.32 Å². The molecule has 2 nitrogen and oxygen atoms in total. The SMILES string of the molecule is Cc1cc(Cl)ccc1NC(=O)[C@@H](C)Cl. The third kappa shape index (κ3) is 2.89. The minimum Gasteiger partial charge on any atom is -0.325 e. The number of aryl methyl sites for hydroxylation is 1. The van der Waals surface area contributed by atoms with Gasteiger partial charge in [0.1, 0.15) is 5.38 Å². The van der Waals surface area contributed by atoms with Crippen LogP contribution in [0.2, 0.25) is 5.02 Å². The summed E-state index contributed by atoms with van der Waals surface area (Å²) in [5.41, 5.74) is 1.66. The predicted molar refractivity (Wildman–Crippen MR) is 60.1 cm³/mol. The first-order valence-electron chi connectivity index (χ1n) is 4.22. The van der Waals surface area contributed by atoms with Crippen molar-refractivity contribution in [2.75, 3.05) is 5.32 Å². The van der Waals surface area contributed by atoms with Crippen LogP contribution in [-0.2, 0) is 4.79 Å². The van der Waals surface area contributed by atoms with Gasteiger partial charge in [-0.3, -0.25) is 4.79 Å². The van der Waals surface area contributed by atoms with Gasteiger partial charge in [0.25, 0.3) is 0 Å². The molecule has 4 heteroatoms. The standard InChI is InChI=1S/C10H11Cl2NO/c1-6-5-8(12)3-4-9(6)13-10(14)7(2)11/h3-5,7H,1-2H3,(H,13,14)/t7-/m1/s1. The Balaban J connectivity index is 2.82. The van der Waals surface area contributed by atoms with Crippen LogP contribution in [0.1, 0.15) is 12.5 Å². The summed E-state index contributed by atoms with van der Waals surface area (Å²) in [6.07, 6.45) is 0. The monoisotopic (exact) mass is 231 g/mol. The molecule has 0 aliphatic rings. The third-order valence-electron chi connectivity index (χ3n) is 1.81. The molecule has 1 aromatic rings. The molecule has 76 valence electrons. The molecular formula is C10H11Cl2NO. The van der Waals surface area contributed by atoms with Crippen LogP contribution in [-0.4, -0.2) is 11.3 Å². The Kier molecular flexibility index (Phi) is 3.78. The molecule has 0 aliphatic carbocycles. The zero-order valence-corrected chi connectivity index (χ0v) is 9.49. The van der Waals surface area contributed by atoms with E-state index >= 15 is 0 Å². The van der Waals surface area contributed by atoms with Crippen LogP contribution in [0.5, 0.6) is 0 Å². The van der Waals surface area contributed by atoms with Crippen molar-refractivity contribution in [3.05, 3.63) is 28.8 Å². The number of hydrogen-bond donors (Lipinski definition) is 1. The molecule has 1 N–H and O–H groups in total. The largest absolute Gasteiger partial charge is 0.325 e. The quantitative estimate of drug-likeness (QED) is 0.779. The summed E-state index contributed by atoms with van der Waals surface area (Å²) in [6.45, 7) is 3.50. The fourth-order valence-electron chi connectivity index (χ4n) is 1.000. The molecule has 1 rings (SSSR count). The smallest absolute Gasteiger partial charge is 0.242 e. The molecule has 0 saturated carbocycles. The van der Waals surface area contributed by atoms with Gasteiger partial charge in [-0.05, 0) is 37.6 Å². The Morgan fingerprint density at radius 3 is 2.64 bits per heavy atom.